The number of aliphatic hydroxyl groups is 1. The highest BCUT2D eigenvalue weighted by molar-refractivity contribution is 5.91. The van der Waals surface area contributed by atoms with Gasteiger partial charge in [0, 0.05) is 26.1 Å². The Balaban J connectivity index is 1.62. The normalized spacial score (nSPS) is 27.4. The van der Waals surface area contributed by atoms with Crippen LogP contribution in [0.2, 0.25) is 0 Å². The van der Waals surface area contributed by atoms with Crippen molar-refractivity contribution in [3.8, 4) is 0 Å². The van der Waals surface area contributed by atoms with Crippen LogP contribution in [0.4, 0.5) is 0 Å². The lowest BCUT2D eigenvalue weighted by Gasteiger charge is -2.39. The van der Waals surface area contributed by atoms with Crippen molar-refractivity contribution in [3.63, 3.8) is 0 Å². The summed E-state index contributed by atoms with van der Waals surface area (Å²) in [7, 11) is 1.92. The van der Waals surface area contributed by atoms with Crippen LogP contribution in [0.3, 0.4) is 0 Å². The number of carbonyl (C=O) groups is 1. The van der Waals surface area contributed by atoms with Crippen LogP contribution in [0.1, 0.15) is 70.6 Å². The molecule has 0 spiro atoms. The van der Waals surface area contributed by atoms with Crippen molar-refractivity contribution in [2.24, 2.45) is 11.8 Å². The number of nitrogens with zero attached hydrogens (tertiary/aromatic N) is 1. The molecule has 5 heteroatoms. The van der Waals surface area contributed by atoms with Gasteiger partial charge < -0.3 is 19.5 Å². The molecule has 1 heterocycles. The Morgan fingerprint density at radius 2 is 1.96 bits per heavy atom. The number of carbonyl (C=O) groups excluding carboxylic acids is 1. The first-order chi connectivity index (χ1) is 12.7. The Hall–Kier alpha value is -1.07. The predicted molar refractivity (Wildman–Crippen MR) is 100 cm³/mol. The fourth-order valence-corrected chi connectivity index (χ4v) is 4.37. The highest BCUT2D eigenvalue weighted by Gasteiger charge is 2.36. The fourth-order valence-electron chi connectivity index (χ4n) is 4.37. The maximum absolute atomic E-state index is 13.0. The van der Waals surface area contributed by atoms with E-state index in [-0.39, 0.29) is 18.8 Å². The van der Waals surface area contributed by atoms with Crippen LogP contribution in [-0.2, 0) is 14.3 Å². The highest BCUT2D eigenvalue weighted by atomic mass is 16.7. The van der Waals surface area contributed by atoms with Crippen molar-refractivity contribution in [1.82, 2.24) is 4.90 Å². The molecule has 26 heavy (non-hydrogen) atoms. The van der Waals surface area contributed by atoms with Crippen LogP contribution in [0.15, 0.2) is 11.8 Å². The molecule has 3 aliphatic rings. The molecule has 2 saturated carbocycles. The molecule has 2 aliphatic carbocycles. The monoisotopic (exact) mass is 365 g/mol. The van der Waals surface area contributed by atoms with E-state index in [9.17, 15) is 4.79 Å². The lowest BCUT2D eigenvalue weighted by atomic mass is 9.73. The van der Waals surface area contributed by atoms with E-state index in [2.05, 4.69) is 6.08 Å². The average Bonchev–Trinajstić information content (AvgIpc) is 2.63. The van der Waals surface area contributed by atoms with E-state index in [0.29, 0.717) is 30.2 Å². The number of allylic oxidation sites excluding steroid dienone is 1. The van der Waals surface area contributed by atoms with Gasteiger partial charge in [-0.25, -0.2) is 0 Å². The third-order valence-corrected chi connectivity index (χ3v) is 6.35. The van der Waals surface area contributed by atoms with Gasteiger partial charge in [0.2, 0.25) is 6.29 Å². The van der Waals surface area contributed by atoms with Gasteiger partial charge in [-0.3, -0.25) is 4.79 Å². The average molecular weight is 366 g/mol. The lowest BCUT2D eigenvalue weighted by Crippen LogP contribution is -2.42. The van der Waals surface area contributed by atoms with Gasteiger partial charge >= 0.3 is 0 Å². The predicted octanol–water partition coefficient (Wildman–Crippen LogP) is 3.61. The van der Waals surface area contributed by atoms with Crippen LogP contribution in [0.25, 0.3) is 0 Å². The highest BCUT2D eigenvalue weighted by Crippen LogP contribution is 2.40. The van der Waals surface area contributed by atoms with Crippen molar-refractivity contribution in [2.45, 2.75) is 83.0 Å². The Labute approximate surface area is 157 Å². The van der Waals surface area contributed by atoms with Crippen LogP contribution >= 0.6 is 0 Å². The molecular formula is C21H35NO4. The first-order valence-electron chi connectivity index (χ1n) is 10.6. The van der Waals surface area contributed by atoms with Gasteiger partial charge in [-0.15, -0.1) is 0 Å². The maximum atomic E-state index is 13.0. The summed E-state index contributed by atoms with van der Waals surface area (Å²) in [5, 5.41) is 8.91. The van der Waals surface area contributed by atoms with Gasteiger partial charge in [0.15, 0.2) is 5.76 Å². The molecule has 0 aromatic carbocycles. The second kappa shape index (κ2) is 9.75. The first kappa shape index (κ1) is 19.7. The maximum Gasteiger partial charge on any atom is 0.288 e. The van der Waals surface area contributed by atoms with Gasteiger partial charge in [-0.2, -0.15) is 0 Å². The summed E-state index contributed by atoms with van der Waals surface area (Å²) in [5.41, 5.74) is 0. The zero-order valence-electron chi connectivity index (χ0n) is 16.2. The van der Waals surface area contributed by atoms with Crippen LogP contribution in [0, 0.1) is 11.8 Å². The Bertz CT molecular complexity index is 482. The third-order valence-electron chi connectivity index (χ3n) is 6.35. The van der Waals surface area contributed by atoms with Gasteiger partial charge in [0.1, 0.15) is 0 Å². The van der Waals surface area contributed by atoms with E-state index in [1.54, 1.807) is 0 Å². The van der Waals surface area contributed by atoms with Crippen molar-refractivity contribution >= 4 is 5.91 Å². The first-order valence-corrected chi connectivity index (χ1v) is 10.6. The largest absolute Gasteiger partial charge is 0.459 e. The molecule has 0 aromatic heterocycles. The Kier molecular flexibility index (Phi) is 7.38. The Morgan fingerprint density at radius 1 is 1.19 bits per heavy atom. The molecule has 1 aliphatic heterocycles. The summed E-state index contributed by atoms with van der Waals surface area (Å²) < 4.78 is 11.9. The van der Waals surface area contributed by atoms with E-state index in [1.165, 1.54) is 38.5 Å². The summed E-state index contributed by atoms with van der Waals surface area (Å²) in [6, 6.07) is 0.341. The second-order valence-corrected chi connectivity index (χ2v) is 8.18. The molecule has 2 fully saturated rings. The van der Waals surface area contributed by atoms with Crippen molar-refractivity contribution < 1.29 is 19.4 Å². The lowest BCUT2D eigenvalue weighted by molar-refractivity contribution is -0.158. The second-order valence-electron chi connectivity index (χ2n) is 8.18. The number of ether oxygens (including phenoxy) is 2. The van der Waals surface area contributed by atoms with Crippen molar-refractivity contribution in [3.05, 3.63) is 11.8 Å². The van der Waals surface area contributed by atoms with E-state index in [0.717, 1.165) is 32.1 Å². The Morgan fingerprint density at radius 3 is 2.62 bits per heavy atom. The third kappa shape index (κ3) is 5.01. The number of rotatable bonds is 8. The summed E-state index contributed by atoms with van der Waals surface area (Å²) in [5.74, 6) is 1.57. The van der Waals surface area contributed by atoms with Crippen LogP contribution in [-0.4, -0.2) is 48.5 Å². The number of unbranched alkanes of at least 4 members (excludes halogenated alkanes) is 1. The number of likely N-dealkylation sites (N-methyl/N-ethyl adjacent to an activating group) is 1. The summed E-state index contributed by atoms with van der Waals surface area (Å²) in [4.78, 5) is 14.9. The van der Waals surface area contributed by atoms with E-state index in [4.69, 9.17) is 14.6 Å². The van der Waals surface area contributed by atoms with Crippen LogP contribution in [0.5, 0.6) is 0 Å². The smallest absolute Gasteiger partial charge is 0.288 e. The topological polar surface area (TPSA) is 59.0 Å². The van der Waals surface area contributed by atoms with E-state index >= 15 is 0 Å². The summed E-state index contributed by atoms with van der Waals surface area (Å²) in [6.07, 6.45) is 13.9. The van der Waals surface area contributed by atoms with Gasteiger partial charge in [-0.1, -0.05) is 25.7 Å². The van der Waals surface area contributed by atoms with E-state index < -0.39 is 0 Å². The molecule has 148 valence electrons. The zero-order chi connectivity index (χ0) is 18.4. The molecule has 0 bridgehead atoms. The standard InChI is InChI=1S/C21H35NO4/c1-22(18-10-3-2-4-11-18)21(24)19-14-17(16-8-7-9-16)15-20(26-19)25-13-6-5-12-23/h14,16-18,20,23H,2-13,15H2,1H3/t17-,20+/m0/s1. The number of hydrogen-bond donors (Lipinski definition) is 1. The van der Waals surface area contributed by atoms with Crippen molar-refractivity contribution in [1.29, 1.82) is 0 Å². The van der Waals surface area contributed by atoms with Crippen molar-refractivity contribution in [2.75, 3.05) is 20.3 Å². The molecule has 1 amide bonds. The van der Waals surface area contributed by atoms with Crippen LogP contribution < -0.4 is 0 Å². The molecule has 3 rings (SSSR count). The molecule has 0 aromatic rings. The molecule has 0 saturated heterocycles. The minimum atomic E-state index is -0.331. The summed E-state index contributed by atoms with van der Waals surface area (Å²) in [6.45, 7) is 0.762. The molecule has 5 nitrogen and oxygen atoms in total. The van der Waals surface area contributed by atoms with Gasteiger partial charge in [0.05, 0.1) is 6.61 Å². The molecule has 0 unspecified atom stereocenters. The minimum absolute atomic E-state index is 0.0184. The molecular weight excluding hydrogens is 330 g/mol. The molecule has 1 N–H and O–H groups in total. The SMILES string of the molecule is CN(C(=O)C1=C[C@H](C2CCC2)C[C@H](OCCCCO)O1)C1CCCCC1. The molecule has 0 radical (unpaired) electrons. The fraction of sp³-hybridized carbons (Fsp3) is 0.857. The van der Waals surface area contributed by atoms with Gasteiger partial charge in [0.25, 0.3) is 5.91 Å². The number of amides is 1. The van der Waals surface area contributed by atoms with E-state index in [1.807, 2.05) is 11.9 Å². The summed E-state index contributed by atoms with van der Waals surface area (Å²) >= 11 is 0. The minimum Gasteiger partial charge on any atom is -0.459 e. The number of hydrogen-bond acceptors (Lipinski definition) is 4. The number of aliphatic hydroxyl groups excluding tert-OH is 1. The quantitative estimate of drug-likeness (QED) is 0.668. The zero-order valence-corrected chi connectivity index (χ0v) is 16.2. The molecule has 2 atom stereocenters. The van der Waals surface area contributed by atoms with Gasteiger partial charge in [-0.05, 0) is 56.4 Å².